The Morgan fingerprint density at radius 3 is 2.37 bits per heavy atom. The lowest BCUT2D eigenvalue weighted by atomic mass is 10.1. The first-order chi connectivity index (χ1) is 14.6. The number of nitrogens with zero attached hydrogens (tertiary/aromatic N) is 3. The highest BCUT2D eigenvalue weighted by Crippen LogP contribution is 2.26. The number of hydrogen-bond donors (Lipinski definition) is 1. The van der Waals surface area contributed by atoms with Crippen molar-refractivity contribution in [2.24, 2.45) is 0 Å². The van der Waals surface area contributed by atoms with Gasteiger partial charge in [-0.05, 0) is 37.9 Å². The lowest BCUT2D eigenvalue weighted by Gasteiger charge is -2.12. The first-order valence-electron chi connectivity index (χ1n) is 10.1. The first kappa shape index (κ1) is 19.9. The highest BCUT2D eigenvalue weighted by Gasteiger charge is 2.15. The summed E-state index contributed by atoms with van der Waals surface area (Å²) in [5, 5.41) is 2.99. The molecule has 4 aromatic rings. The number of likely N-dealkylation sites (N-methyl/N-ethyl adjacent to an activating group) is 1. The summed E-state index contributed by atoms with van der Waals surface area (Å²) < 4.78 is 2.19. The van der Waals surface area contributed by atoms with Crippen LogP contribution in [0.1, 0.15) is 15.9 Å². The van der Waals surface area contributed by atoms with Crippen LogP contribution in [0.15, 0.2) is 78.9 Å². The lowest BCUT2D eigenvalue weighted by Crippen LogP contribution is -2.31. The Hall–Kier alpha value is -3.44. The summed E-state index contributed by atoms with van der Waals surface area (Å²) in [5.41, 5.74) is 4.74. The average molecular weight is 399 g/mol. The van der Waals surface area contributed by atoms with Crippen molar-refractivity contribution >= 4 is 16.9 Å². The number of fused-ring (bicyclic) bond motifs is 1. The van der Waals surface area contributed by atoms with E-state index in [1.54, 1.807) is 0 Å². The van der Waals surface area contributed by atoms with Crippen LogP contribution in [0, 0.1) is 0 Å². The SMILES string of the molecule is CN(C)CCNC(=O)c1ccc2nc(-c3ccccc3)n(Cc3ccccc3)c2c1. The molecule has 0 radical (unpaired) electrons. The van der Waals surface area contributed by atoms with Crippen LogP contribution in [0.25, 0.3) is 22.4 Å². The van der Waals surface area contributed by atoms with E-state index < -0.39 is 0 Å². The van der Waals surface area contributed by atoms with Gasteiger partial charge in [-0.15, -0.1) is 0 Å². The maximum Gasteiger partial charge on any atom is 0.251 e. The standard InChI is InChI=1S/C25H26N4O/c1-28(2)16-15-26-25(30)21-13-14-22-23(17-21)29(18-19-9-5-3-6-10-19)24(27-22)20-11-7-4-8-12-20/h3-14,17H,15-16,18H2,1-2H3,(H,26,30). The molecule has 1 heterocycles. The van der Waals surface area contributed by atoms with E-state index in [-0.39, 0.29) is 5.91 Å². The second-order valence-corrected chi connectivity index (χ2v) is 7.64. The molecule has 0 fully saturated rings. The predicted octanol–water partition coefficient (Wildman–Crippen LogP) is 4.04. The van der Waals surface area contributed by atoms with Crippen molar-refractivity contribution in [1.29, 1.82) is 0 Å². The number of nitrogens with one attached hydrogen (secondary N) is 1. The highest BCUT2D eigenvalue weighted by molar-refractivity contribution is 5.98. The van der Waals surface area contributed by atoms with Crippen molar-refractivity contribution in [3.8, 4) is 11.4 Å². The molecule has 5 heteroatoms. The van der Waals surface area contributed by atoms with E-state index in [2.05, 4.69) is 34.1 Å². The molecule has 0 aliphatic rings. The normalized spacial score (nSPS) is 11.2. The van der Waals surface area contributed by atoms with Crippen molar-refractivity contribution < 1.29 is 4.79 Å². The van der Waals surface area contributed by atoms with Crippen molar-refractivity contribution in [1.82, 2.24) is 19.8 Å². The summed E-state index contributed by atoms with van der Waals surface area (Å²) in [5.74, 6) is 0.840. The van der Waals surface area contributed by atoms with Crippen molar-refractivity contribution in [2.75, 3.05) is 27.2 Å². The van der Waals surface area contributed by atoms with Gasteiger partial charge in [-0.3, -0.25) is 4.79 Å². The fourth-order valence-electron chi connectivity index (χ4n) is 3.49. The maximum atomic E-state index is 12.7. The molecule has 1 aromatic heterocycles. The second-order valence-electron chi connectivity index (χ2n) is 7.64. The van der Waals surface area contributed by atoms with Crippen LogP contribution in [0.4, 0.5) is 0 Å². The summed E-state index contributed by atoms with van der Waals surface area (Å²) in [6, 6.07) is 26.2. The van der Waals surface area contributed by atoms with Crippen LogP contribution in [0.5, 0.6) is 0 Å². The lowest BCUT2D eigenvalue weighted by molar-refractivity contribution is 0.0951. The van der Waals surface area contributed by atoms with E-state index in [1.807, 2.05) is 73.6 Å². The van der Waals surface area contributed by atoms with Gasteiger partial charge in [-0.2, -0.15) is 0 Å². The number of amides is 1. The fraction of sp³-hybridized carbons (Fsp3) is 0.200. The number of aromatic nitrogens is 2. The molecule has 0 bridgehead atoms. The van der Waals surface area contributed by atoms with E-state index in [1.165, 1.54) is 5.56 Å². The molecular weight excluding hydrogens is 372 g/mol. The third-order valence-electron chi connectivity index (χ3n) is 5.07. The van der Waals surface area contributed by atoms with Gasteiger partial charge >= 0.3 is 0 Å². The fourth-order valence-corrected chi connectivity index (χ4v) is 3.49. The largest absolute Gasteiger partial charge is 0.351 e. The molecule has 0 spiro atoms. The first-order valence-corrected chi connectivity index (χ1v) is 10.1. The van der Waals surface area contributed by atoms with E-state index in [0.29, 0.717) is 18.7 Å². The van der Waals surface area contributed by atoms with Gasteiger partial charge in [0.2, 0.25) is 0 Å². The molecule has 152 valence electrons. The minimum absolute atomic E-state index is 0.0625. The van der Waals surface area contributed by atoms with E-state index in [9.17, 15) is 4.79 Å². The molecule has 3 aromatic carbocycles. The zero-order chi connectivity index (χ0) is 20.9. The minimum Gasteiger partial charge on any atom is -0.351 e. The molecule has 0 saturated heterocycles. The predicted molar refractivity (Wildman–Crippen MR) is 122 cm³/mol. The van der Waals surface area contributed by atoms with E-state index >= 15 is 0 Å². The second kappa shape index (κ2) is 8.93. The van der Waals surface area contributed by atoms with Gasteiger partial charge in [-0.1, -0.05) is 60.7 Å². The quantitative estimate of drug-likeness (QED) is 0.511. The molecule has 1 N–H and O–H groups in total. The molecule has 30 heavy (non-hydrogen) atoms. The Kier molecular flexibility index (Phi) is 5.91. The highest BCUT2D eigenvalue weighted by atomic mass is 16.1. The van der Waals surface area contributed by atoms with Gasteiger partial charge in [0.15, 0.2) is 0 Å². The molecule has 5 nitrogen and oxygen atoms in total. The maximum absolute atomic E-state index is 12.7. The molecule has 0 atom stereocenters. The third kappa shape index (κ3) is 4.42. The van der Waals surface area contributed by atoms with Crippen LogP contribution in [-0.4, -0.2) is 47.5 Å². The molecule has 0 aliphatic carbocycles. The van der Waals surface area contributed by atoms with Crippen molar-refractivity contribution in [3.05, 3.63) is 90.0 Å². The zero-order valence-corrected chi connectivity index (χ0v) is 17.4. The summed E-state index contributed by atoms with van der Waals surface area (Å²) in [4.78, 5) is 19.6. The van der Waals surface area contributed by atoms with Crippen LogP contribution in [-0.2, 0) is 6.54 Å². The molecular formula is C25H26N4O. The van der Waals surface area contributed by atoms with Crippen LogP contribution < -0.4 is 5.32 Å². The monoisotopic (exact) mass is 398 g/mol. The molecule has 0 unspecified atom stereocenters. The van der Waals surface area contributed by atoms with E-state index in [0.717, 1.165) is 29.0 Å². The molecule has 1 amide bonds. The van der Waals surface area contributed by atoms with Crippen LogP contribution >= 0.6 is 0 Å². The number of imidazole rings is 1. The topological polar surface area (TPSA) is 50.2 Å². The Morgan fingerprint density at radius 1 is 0.967 bits per heavy atom. The minimum atomic E-state index is -0.0625. The zero-order valence-electron chi connectivity index (χ0n) is 17.4. The third-order valence-corrected chi connectivity index (χ3v) is 5.07. The number of carbonyl (C=O) groups excluding carboxylic acids is 1. The summed E-state index contributed by atoms with van der Waals surface area (Å²) >= 11 is 0. The van der Waals surface area contributed by atoms with Gasteiger partial charge in [0.25, 0.3) is 5.91 Å². The van der Waals surface area contributed by atoms with Gasteiger partial charge in [0.05, 0.1) is 11.0 Å². The van der Waals surface area contributed by atoms with Gasteiger partial charge in [0.1, 0.15) is 5.82 Å². The summed E-state index contributed by atoms with van der Waals surface area (Å²) in [6.45, 7) is 2.10. The molecule has 4 rings (SSSR count). The van der Waals surface area contributed by atoms with Gasteiger partial charge < -0.3 is 14.8 Å². The van der Waals surface area contributed by atoms with Gasteiger partial charge in [-0.25, -0.2) is 4.98 Å². The Balaban J connectivity index is 1.74. The Morgan fingerprint density at radius 2 is 1.67 bits per heavy atom. The Bertz CT molecular complexity index is 1130. The molecule has 0 saturated carbocycles. The average Bonchev–Trinajstić information content (AvgIpc) is 3.12. The smallest absolute Gasteiger partial charge is 0.251 e. The number of rotatable bonds is 7. The number of hydrogen-bond acceptors (Lipinski definition) is 3. The Labute approximate surface area is 177 Å². The van der Waals surface area contributed by atoms with Crippen molar-refractivity contribution in [3.63, 3.8) is 0 Å². The van der Waals surface area contributed by atoms with Crippen molar-refractivity contribution in [2.45, 2.75) is 6.54 Å². The number of benzene rings is 3. The van der Waals surface area contributed by atoms with E-state index in [4.69, 9.17) is 4.98 Å². The van der Waals surface area contributed by atoms with Gasteiger partial charge in [0, 0.05) is 30.8 Å². The number of carbonyl (C=O) groups is 1. The van der Waals surface area contributed by atoms with Crippen LogP contribution in [0.3, 0.4) is 0 Å². The van der Waals surface area contributed by atoms with Crippen LogP contribution in [0.2, 0.25) is 0 Å². The summed E-state index contributed by atoms with van der Waals surface area (Å²) in [7, 11) is 3.98. The molecule has 0 aliphatic heterocycles. The summed E-state index contributed by atoms with van der Waals surface area (Å²) in [6.07, 6.45) is 0.